The molecule has 0 radical (unpaired) electrons. The number of carbonyl (C=O) groups excluding carboxylic acids is 2. The van der Waals surface area contributed by atoms with Gasteiger partial charge < -0.3 is 14.5 Å². The molecule has 7 heteroatoms. The molecule has 0 aliphatic carbocycles. The largest absolute Gasteiger partial charge is 0.494 e. The highest BCUT2D eigenvalue weighted by molar-refractivity contribution is 5.94. The molecule has 2 heterocycles. The number of furan rings is 1. The molecule has 1 N–H and O–H groups in total. The van der Waals surface area contributed by atoms with Gasteiger partial charge in [-0.15, -0.1) is 0 Å². The van der Waals surface area contributed by atoms with Crippen LogP contribution >= 0.6 is 0 Å². The molecule has 0 atom stereocenters. The number of ketones is 1. The van der Waals surface area contributed by atoms with Crippen molar-refractivity contribution < 1.29 is 18.7 Å². The maximum Gasteiger partial charge on any atom is 0.225 e. The van der Waals surface area contributed by atoms with Gasteiger partial charge in [-0.05, 0) is 55.8 Å². The fraction of sp³-hybridized carbons (Fsp3) is 0.160. The minimum Gasteiger partial charge on any atom is -0.494 e. The molecule has 0 spiro atoms. The van der Waals surface area contributed by atoms with Gasteiger partial charge in [-0.2, -0.15) is 5.10 Å². The monoisotopic (exact) mass is 429 g/mol. The van der Waals surface area contributed by atoms with Crippen LogP contribution in [0.15, 0.2) is 83.7 Å². The van der Waals surface area contributed by atoms with E-state index in [9.17, 15) is 9.59 Å². The normalized spacial score (nSPS) is 10.7. The van der Waals surface area contributed by atoms with E-state index in [-0.39, 0.29) is 11.7 Å². The highest BCUT2D eigenvalue weighted by atomic mass is 16.5. The third-order valence-electron chi connectivity index (χ3n) is 4.87. The van der Waals surface area contributed by atoms with Gasteiger partial charge in [0.2, 0.25) is 5.91 Å². The highest BCUT2D eigenvalue weighted by Gasteiger charge is 2.14. The number of nitrogens with one attached hydrogen (secondary N) is 1. The number of carbonyl (C=O) groups is 2. The summed E-state index contributed by atoms with van der Waals surface area (Å²) in [5.74, 6) is 1.13. The van der Waals surface area contributed by atoms with Crippen molar-refractivity contribution in [1.82, 2.24) is 9.78 Å². The molecule has 0 aliphatic rings. The van der Waals surface area contributed by atoms with Gasteiger partial charge >= 0.3 is 0 Å². The van der Waals surface area contributed by atoms with E-state index in [1.54, 1.807) is 41.5 Å². The van der Waals surface area contributed by atoms with Gasteiger partial charge in [0.05, 0.1) is 30.5 Å². The molecule has 0 saturated heterocycles. The molecule has 0 aliphatic heterocycles. The van der Waals surface area contributed by atoms with Crippen molar-refractivity contribution in [3.63, 3.8) is 0 Å². The van der Waals surface area contributed by atoms with Crippen LogP contribution in [0.2, 0.25) is 0 Å². The Morgan fingerprint density at radius 3 is 2.53 bits per heavy atom. The lowest BCUT2D eigenvalue weighted by Crippen LogP contribution is -2.15. The molecule has 4 aromatic rings. The van der Waals surface area contributed by atoms with Crippen LogP contribution in [0.3, 0.4) is 0 Å². The van der Waals surface area contributed by atoms with Crippen LogP contribution in [0, 0.1) is 0 Å². The number of aromatic nitrogens is 2. The number of Topliss-reactive ketones (excluding diaryl/α,β-unsaturated/α-hetero) is 1. The summed E-state index contributed by atoms with van der Waals surface area (Å²) in [7, 11) is 0. The molecule has 1 amide bonds. The average Bonchev–Trinajstić information content (AvgIpc) is 3.48. The topological polar surface area (TPSA) is 86.4 Å². The fourth-order valence-corrected chi connectivity index (χ4v) is 3.20. The van der Waals surface area contributed by atoms with Gasteiger partial charge in [-0.1, -0.05) is 18.2 Å². The summed E-state index contributed by atoms with van der Waals surface area (Å²) in [5, 5.41) is 7.57. The van der Waals surface area contributed by atoms with Crippen LogP contribution in [0.25, 0.3) is 16.9 Å². The number of rotatable bonds is 9. The lowest BCUT2D eigenvalue weighted by Gasteiger charge is -2.09. The van der Waals surface area contributed by atoms with Crippen molar-refractivity contribution in [2.75, 3.05) is 11.9 Å². The first-order valence-corrected chi connectivity index (χ1v) is 10.3. The Hall–Kier alpha value is -4.13. The van der Waals surface area contributed by atoms with E-state index in [0.29, 0.717) is 42.3 Å². The Bertz CT molecular complexity index is 1180. The van der Waals surface area contributed by atoms with E-state index in [2.05, 4.69) is 10.4 Å². The third-order valence-corrected chi connectivity index (χ3v) is 4.87. The Labute approximate surface area is 185 Å². The molecule has 32 heavy (non-hydrogen) atoms. The maximum atomic E-state index is 12.6. The summed E-state index contributed by atoms with van der Waals surface area (Å²) >= 11 is 0. The molecule has 2 aromatic carbocycles. The van der Waals surface area contributed by atoms with E-state index in [1.165, 1.54) is 6.92 Å². The van der Waals surface area contributed by atoms with Crippen molar-refractivity contribution in [3.8, 4) is 22.7 Å². The number of amides is 1. The second kappa shape index (κ2) is 9.78. The van der Waals surface area contributed by atoms with Gasteiger partial charge in [0.25, 0.3) is 0 Å². The van der Waals surface area contributed by atoms with Gasteiger partial charge in [-0.3, -0.25) is 9.59 Å². The quantitative estimate of drug-likeness (QED) is 0.294. The van der Waals surface area contributed by atoms with E-state index in [0.717, 1.165) is 11.3 Å². The maximum absolute atomic E-state index is 12.6. The summed E-state index contributed by atoms with van der Waals surface area (Å²) in [6.07, 6.45) is 4.05. The second-order valence-corrected chi connectivity index (χ2v) is 7.25. The van der Waals surface area contributed by atoms with E-state index < -0.39 is 0 Å². The number of benzene rings is 2. The van der Waals surface area contributed by atoms with Crippen LogP contribution in [0.5, 0.6) is 5.75 Å². The summed E-state index contributed by atoms with van der Waals surface area (Å²) < 4.78 is 12.5. The molecule has 0 fully saturated rings. The van der Waals surface area contributed by atoms with E-state index in [1.807, 2.05) is 42.5 Å². The molecule has 2 aromatic heterocycles. The van der Waals surface area contributed by atoms with E-state index >= 15 is 0 Å². The Balaban J connectivity index is 1.36. The zero-order valence-corrected chi connectivity index (χ0v) is 17.7. The fourth-order valence-electron chi connectivity index (χ4n) is 3.20. The first kappa shape index (κ1) is 21.1. The summed E-state index contributed by atoms with van der Waals surface area (Å²) in [6, 6.07) is 20.2. The van der Waals surface area contributed by atoms with Crippen molar-refractivity contribution in [3.05, 3.63) is 84.8 Å². The Morgan fingerprint density at radius 2 is 1.84 bits per heavy atom. The van der Waals surface area contributed by atoms with Crippen molar-refractivity contribution in [2.45, 2.75) is 19.8 Å². The number of para-hydroxylation sites is 1. The zero-order chi connectivity index (χ0) is 22.3. The minimum absolute atomic E-state index is 0.0129. The molecule has 0 saturated carbocycles. The predicted molar refractivity (Wildman–Crippen MR) is 121 cm³/mol. The lowest BCUT2D eigenvalue weighted by atomic mass is 10.1. The van der Waals surface area contributed by atoms with Crippen molar-refractivity contribution >= 4 is 17.5 Å². The Kier molecular flexibility index (Phi) is 6.46. The highest BCUT2D eigenvalue weighted by Crippen LogP contribution is 2.25. The molecular formula is C25H23N3O4. The average molecular weight is 429 g/mol. The number of hydrogen-bond acceptors (Lipinski definition) is 5. The van der Waals surface area contributed by atoms with Crippen LogP contribution in [-0.2, 0) is 4.79 Å². The minimum atomic E-state index is -0.128. The lowest BCUT2D eigenvalue weighted by molar-refractivity contribution is -0.116. The van der Waals surface area contributed by atoms with Crippen LogP contribution in [0.1, 0.15) is 30.1 Å². The third kappa shape index (κ3) is 5.13. The first-order valence-electron chi connectivity index (χ1n) is 10.3. The smallest absolute Gasteiger partial charge is 0.225 e. The summed E-state index contributed by atoms with van der Waals surface area (Å²) in [6.45, 7) is 1.92. The molecule has 0 unspecified atom stereocenters. The molecular weight excluding hydrogens is 406 g/mol. The SMILES string of the molecule is CC(=O)c1ccc(OCCCC(=O)Nc2cc(-c3ccoc3)nn2-c2ccccc2)cc1. The van der Waals surface area contributed by atoms with Gasteiger partial charge in [0.15, 0.2) is 5.78 Å². The number of anilines is 1. The zero-order valence-electron chi connectivity index (χ0n) is 17.7. The molecule has 0 bridgehead atoms. The van der Waals surface area contributed by atoms with Crippen LogP contribution in [0.4, 0.5) is 5.82 Å². The van der Waals surface area contributed by atoms with E-state index in [4.69, 9.17) is 9.15 Å². The summed E-state index contributed by atoms with van der Waals surface area (Å²) in [5.41, 5.74) is 3.02. The van der Waals surface area contributed by atoms with Crippen LogP contribution in [-0.4, -0.2) is 28.1 Å². The Morgan fingerprint density at radius 1 is 1.06 bits per heavy atom. The first-order chi connectivity index (χ1) is 15.6. The van der Waals surface area contributed by atoms with Crippen LogP contribution < -0.4 is 10.1 Å². The molecule has 4 rings (SSSR count). The van der Waals surface area contributed by atoms with Gasteiger partial charge in [0, 0.05) is 23.6 Å². The number of hydrogen-bond donors (Lipinski definition) is 1. The van der Waals surface area contributed by atoms with Crippen molar-refractivity contribution in [2.24, 2.45) is 0 Å². The summed E-state index contributed by atoms with van der Waals surface area (Å²) in [4.78, 5) is 23.9. The molecule has 162 valence electrons. The molecule has 7 nitrogen and oxygen atoms in total. The van der Waals surface area contributed by atoms with Gasteiger partial charge in [-0.25, -0.2) is 4.68 Å². The standard InChI is InChI=1S/C25H23N3O4/c1-18(29)19-9-11-22(12-10-19)32-14-5-8-25(30)26-24-16-23(20-13-15-31-17-20)27-28(24)21-6-3-2-4-7-21/h2-4,6-7,9-13,15-17H,5,8,14H2,1H3,(H,26,30). The predicted octanol–water partition coefficient (Wildman–Crippen LogP) is 5.13. The van der Waals surface area contributed by atoms with Crippen molar-refractivity contribution in [1.29, 1.82) is 0 Å². The second-order valence-electron chi connectivity index (χ2n) is 7.25. The number of ether oxygens (including phenoxy) is 1. The van der Waals surface area contributed by atoms with Gasteiger partial charge in [0.1, 0.15) is 11.6 Å². The number of nitrogens with zero attached hydrogens (tertiary/aromatic N) is 2.